The van der Waals surface area contributed by atoms with Gasteiger partial charge in [0.1, 0.15) is 0 Å². The van der Waals surface area contributed by atoms with Crippen molar-refractivity contribution in [3.8, 4) is 0 Å². The molecule has 0 aliphatic heterocycles. The van der Waals surface area contributed by atoms with Gasteiger partial charge in [-0.3, -0.25) is 4.98 Å². The summed E-state index contributed by atoms with van der Waals surface area (Å²) in [6.07, 6.45) is 3.72. The Kier molecular flexibility index (Phi) is 4.59. The first-order chi connectivity index (χ1) is 8.81. The summed E-state index contributed by atoms with van der Waals surface area (Å²) < 4.78 is 0. The third-order valence-electron chi connectivity index (χ3n) is 2.90. The monoisotopic (exact) mass is 260 g/mol. The summed E-state index contributed by atoms with van der Waals surface area (Å²) in [4.78, 5) is 6.43. The van der Waals surface area contributed by atoms with Gasteiger partial charge in [-0.1, -0.05) is 30.3 Å². The molecule has 1 heterocycles. The number of halogens is 1. The zero-order valence-corrected chi connectivity index (χ0v) is 11.3. The van der Waals surface area contributed by atoms with Crippen LogP contribution in [0.1, 0.15) is 11.1 Å². The number of aromatic nitrogens is 1. The molecule has 0 radical (unpaired) electrons. The van der Waals surface area contributed by atoms with Crippen LogP contribution in [0.3, 0.4) is 0 Å². The van der Waals surface area contributed by atoms with E-state index in [1.165, 1.54) is 16.8 Å². The largest absolute Gasteiger partial charge is 0.366 e. The van der Waals surface area contributed by atoms with Crippen molar-refractivity contribution in [2.75, 3.05) is 17.3 Å². The Bertz CT molecular complexity index is 485. The van der Waals surface area contributed by atoms with E-state index in [0.29, 0.717) is 5.88 Å². The predicted molar refractivity (Wildman–Crippen MR) is 77.2 cm³/mol. The first kappa shape index (κ1) is 12.9. The molecule has 0 amide bonds. The van der Waals surface area contributed by atoms with Crippen molar-refractivity contribution in [2.24, 2.45) is 0 Å². The highest BCUT2D eigenvalue weighted by Crippen LogP contribution is 2.20. The standard InChI is InChI=1S/C15H17ClN2/c1-13-11-17-9-7-15(13)18(10-8-16)12-14-5-3-2-4-6-14/h2-7,9,11H,8,10,12H2,1H3. The van der Waals surface area contributed by atoms with Crippen LogP contribution in [0.2, 0.25) is 0 Å². The molecule has 2 nitrogen and oxygen atoms in total. The molecule has 1 aromatic carbocycles. The zero-order valence-electron chi connectivity index (χ0n) is 10.5. The third-order valence-corrected chi connectivity index (χ3v) is 3.07. The second-order valence-electron chi connectivity index (χ2n) is 4.26. The molecule has 94 valence electrons. The van der Waals surface area contributed by atoms with Crippen LogP contribution in [0.25, 0.3) is 0 Å². The van der Waals surface area contributed by atoms with E-state index in [1.807, 2.05) is 24.5 Å². The number of pyridine rings is 1. The molecule has 3 heteroatoms. The molecule has 0 bridgehead atoms. The number of alkyl halides is 1. The van der Waals surface area contributed by atoms with Crippen LogP contribution in [0.4, 0.5) is 5.69 Å². The van der Waals surface area contributed by atoms with Gasteiger partial charge in [0.25, 0.3) is 0 Å². The Labute approximate surface area is 113 Å². The van der Waals surface area contributed by atoms with Crippen molar-refractivity contribution < 1.29 is 0 Å². The van der Waals surface area contributed by atoms with Crippen LogP contribution >= 0.6 is 11.6 Å². The Morgan fingerprint density at radius 2 is 1.94 bits per heavy atom. The van der Waals surface area contributed by atoms with E-state index in [2.05, 4.69) is 41.1 Å². The fourth-order valence-electron chi connectivity index (χ4n) is 2.01. The zero-order chi connectivity index (χ0) is 12.8. The Morgan fingerprint density at radius 1 is 1.17 bits per heavy atom. The maximum Gasteiger partial charge on any atom is 0.0430 e. The maximum atomic E-state index is 5.91. The molecular weight excluding hydrogens is 244 g/mol. The van der Waals surface area contributed by atoms with Crippen molar-refractivity contribution in [3.63, 3.8) is 0 Å². The normalized spacial score (nSPS) is 10.3. The number of hydrogen-bond donors (Lipinski definition) is 0. The highest BCUT2D eigenvalue weighted by molar-refractivity contribution is 6.18. The summed E-state index contributed by atoms with van der Waals surface area (Å²) in [7, 11) is 0. The van der Waals surface area contributed by atoms with Gasteiger partial charge in [0, 0.05) is 37.1 Å². The third kappa shape index (κ3) is 3.23. The summed E-state index contributed by atoms with van der Waals surface area (Å²) in [5, 5.41) is 0. The maximum absolute atomic E-state index is 5.91. The molecule has 0 aliphatic carbocycles. The number of anilines is 1. The molecule has 1 aromatic heterocycles. The van der Waals surface area contributed by atoms with Crippen LogP contribution in [-0.2, 0) is 6.54 Å². The molecule has 0 N–H and O–H groups in total. The quantitative estimate of drug-likeness (QED) is 0.763. The van der Waals surface area contributed by atoms with Gasteiger partial charge >= 0.3 is 0 Å². The van der Waals surface area contributed by atoms with Crippen LogP contribution in [0.15, 0.2) is 48.8 Å². The highest BCUT2D eigenvalue weighted by atomic mass is 35.5. The van der Waals surface area contributed by atoms with Gasteiger partial charge in [0.15, 0.2) is 0 Å². The van der Waals surface area contributed by atoms with Gasteiger partial charge in [0.05, 0.1) is 0 Å². The highest BCUT2D eigenvalue weighted by Gasteiger charge is 2.09. The predicted octanol–water partition coefficient (Wildman–Crippen LogP) is 3.64. The second kappa shape index (κ2) is 6.41. The van der Waals surface area contributed by atoms with Gasteiger partial charge in [-0.2, -0.15) is 0 Å². The van der Waals surface area contributed by atoms with Crippen molar-refractivity contribution >= 4 is 17.3 Å². The lowest BCUT2D eigenvalue weighted by molar-refractivity contribution is 0.829. The molecule has 0 fully saturated rings. The molecule has 0 atom stereocenters. The van der Waals surface area contributed by atoms with Crippen molar-refractivity contribution in [2.45, 2.75) is 13.5 Å². The van der Waals surface area contributed by atoms with Gasteiger partial charge in [-0.15, -0.1) is 11.6 Å². The molecule has 0 spiro atoms. The Morgan fingerprint density at radius 3 is 2.61 bits per heavy atom. The summed E-state index contributed by atoms with van der Waals surface area (Å²) in [6, 6.07) is 12.5. The van der Waals surface area contributed by atoms with E-state index in [-0.39, 0.29) is 0 Å². The summed E-state index contributed by atoms with van der Waals surface area (Å²) in [5.74, 6) is 0.620. The molecule has 2 aromatic rings. The van der Waals surface area contributed by atoms with Crippen molar-refractivity contribution in [1.29, 1.82) is 0 Å². The lowest BCUT2D eigenvalue weighted by Crippen LogP contribution is -2.25. The smallest absolute Gasteiger partial charge is 0.0430 e. The average molecular weight is 261 g/mol. The minimum Gasteiger partial charge on any atom is -0.366 e. The minimum atomic E-state index is 0.620. The van der Waals surface area contributed by atoms with E-state index in [0.717, 1.165) is 13.1 Å². The second-order valence-corrected chi connectivity index (χ2v) is 4.64. The van der Waals surface area contributed by atoms with Crippen molar-refractivity contribution in [3.05, 3.63) is 59.9 Å². The number of nitrogens with zero attached hydrogens (tertiary/aromatic N) is 2. The fourth-order valence-corrected chi connectivity index (χ4v) is 2.22. The lowest BCUT2D eigenvalue weighted by Gasteiger charge is -2.25. The van der Waals surface area contributed by atoms with Crippen LogP contribution < -0.4 is 4.90 Å². The molecule has 18 heavy (non-hydrogen) atoms. The Balaban J connectivity index is 2.21. The van der Waals surface area contributed by atoms with Crippen LogP contribution in [0.5, 0.6) is 0 Å². The van der Waals surface area contributed by atoms with Gasteiger partial charge < -0.3 is 4.90 Å². The molecule has 2 rings (SSSR count). The van der Waals surface area contributed by atoms with Crippen LogP contribution in [0, 0.1) is 6.92 Å². The topological polar surface area (TPSA) is 16.1 Å². The molecular formula is C15H17ClN2. The average Bonchev–Trinajstić information content (AvgIpc) is 2.40. The number of aryl methyl sites for hydroxylation is 1. The van der Waals surface area contributed by atoms with Gasteiger partial charge in [0.2, 0.25) is 0 Å². The minimum absolute atomic E-state index is 0.620. The van der Waals surface area contributed by atoms with Gasteiger partial charge in [-0.25, -0.2) is 0 Å². The number of rotatable bonds is 5. The fraction of sp³-hybridized carbons (Fsp3) is 0.267. The number of benzene rings is 1. The lowest BCUT2D eigenvalue weighted by atomic mass is 10.1. The van der Waals surface area contributed by atoms with E-state index >= 15 is 0 Å². The first-order valence-electron chi connectivity index (χ1n) is 6.06. The molecule has 0 saturated heterocycles. The Hall–Kier alpha value is -1.54. The van der Waals surface area contributed by atoms with Crippen LogP contribution in [-0.4, -0.2) is 17.4 Å². The van der Waals surface area contributed by atoms with E-state index in [4.69, 9.17) is 11.6 Å². The van der Waals surface area contributed by atoms with Gasteiger partial charge in [-0.05, 0) is 24.1 Å². The first-order valence-corrected chi connectivity index (χ1v) is 6.60. The van der Waals surface area contributed by atoms with Crippen molar-refractivity contribution in [1.82, 2.24) is 4.98 Å². The SMILES string of the molecule is Cc1cnccc1N(CCCl)Cc1ccccc1. The summed E-state index contributed by atoms with van der Waals surface area (Å²) in [6.45, 7) is 3.79. The van der Waals surface area contributed by atoms with E-state index < -0.39 is 0 Å². The number of hydrogen-bond acceptors (Lipinski definition) is 2. The molecule has 0 aliphatic rings. The molecule has 0 unspecified atom stereocenters. The van der Waals surface area contributed by atoms with E-state index in [9.17, 15) is 0 Å². The summed E-state index contributed by atoms with van der Waals surface area (Å²) in [5.41, 5.74) is 3.67. The van der Waals surface area contributed by atoms with E-state index in [1.54, 1.807) is 0 Å². The summed E-state index contributed by atoms with van der Waals surface area (Å²) >= 11 is 5.91. The molecule has 0 saturated carbocycles.